The number of aromatic amines is 1. The smallest absolute Gasteiger partial charge is 0.475 e. The zero-order valence-electron chi connectivity index (χ0n) is 9.23. The van der Waals surface area contributed by atoms with E-state index in [1.54, 1.807) is 0 Å². The first-order chi connectivity index (χ1) is 8.80. The fraction of sp³-hybridized carbons (Fsp3) is 0.571. The van der Waals surface area contributed by atoms with Gasteiger partial charge < -0.3 is 10.4 Å². The maximum atomic E-state index is 11.2. The predicted octanol–water partition coefficient (Wildman–Crippen LogP) is -1.01. The first-order valence-corrected chi connectivity index (χ1v) is 4.86. The van der Waals surface area contributed by atoms with E-state index < -0.39 is 12.1 Å². The Bertz CT molecular complexity index is 430. The Morgan fingerprint density at radius 1 is 1.37 bits per heavy atom. The summed E-state index contributed by atoms with van der Waals surface area (Å²) >= 11 is 0. The second kappa shape index (κ2) is 6.08. The quantitative estimate of drug-likeness (QED) is 0.546. The highest BCUT2D eigenvalue weighted by molar-refractivity contribution is 5.91. The van der Waals surface area contributed by atoms with Gasteiger partial charge in [-0.1, -0.05) is 5.10 Å². The van der Waals surface area contributed by atoms with Crippen molar-refractivity contribution >= 4 is 17.8 Å². The van der Waals surface area contributed by atoms with E-state index in [1.807, 2.05) is 0 Å². The highest BCUT2D eigenvalue weighted by atomic mass is 19.4. The molecule has 12 heteroatoms. The van der Waals surface area contributed by atoms with Crippen LogP contribution in [-0.2, 0) is 9.59 Å². The number of anilines is 1. The third-order valence-corrected chi connectivity index (χ3v) is 1.98. The second-order valence-electron chi connectivity index (χ2n) is 3.40. The van der Waals surface area contributed by atoms with Crippen LogP contribution < -0.4 is 10.6 Å². The van der Waals surface area contributed by atoms with Crippen molar-refractivity contribution in [3.63, 3.8) is 0 Å². The van der Waals surface area contributed by atoms with Gasteiger partial charge in [-0.25, -0.2) is 9.89 Å². The molecule has 19 heavy (non-hydrogen) atoms. The maximum absolute atomic E-state index is 11.2. The van der Waals surface area contributed by atoms with Crippen LogP contribution in [0.2, 0.25) is 0 Å². The van der Waals surface area contributed by atoms with Crippen LogP contribution in [0, 0.1) is 5.92 Å². The summed E-state index contributed by atoms with van der Waals surface area (Å²) in [5.41, 5.74) is 0. The van der Waals surface area contributed by atoms with Crippen molar-refractivity contribution < 1.29 is 27.9 Å². The number of carboxylic acid groups (broad SMARTS) is 1. The molecular weight excluding hydrogens is 273 g/mol. The van der Waals surface area contributed by atoms with E-state index in [1.165, 1.54) is 0 Å². The lowest BCUT2D eigenvalue weighted by Gasteiger charge is -2.24. The number of nitrogens with one attached hydrogen (secondary N) is 3. The summed E-state index contributed by atoms with van der Waals surface area (Å²) in [4.78, 5) is 20.1. The van der Waals surface area contributed by atoms with Crippen LogP contribution in [0.4, 0.5) is 19.1 Å². The molecule has 1 amide bonds. The molecule has 1 aliphatic heterocycles. The number of H-pyrrole nitrogens is 1. The largest absolute Gasteiger partial charge is 0.490 e. The molecule has 0 atom stereocenters. The Hall–Kier alpha value is -2.24. The molecule has 0 aromatic carbocycles. The van der Waals surface area contributed by atoms with E-state index in [0.717, 1.165) is 13.1 Å². The summed E-state index contributed by atoms with van der Waals surface area (Å²) in [5.74, 6) is -2.46. The molecule has 1 saturated heterocycles. The van der Waals surface area contributed by atoms with Crippen LogP contribution in [0.1, 0.15) is 0 Å². The second-order valence-corrected chi connectivity index (χ2v) is 3.40. The third kappa shape index (κ3) is 4.87. The van der Waals surface area contributed by atoms with Gasteiger partial charge in [0, 0.05) is 13.1 Å². The zero-order chi connectivity index (χ0) is 14.5. The molecule has 0 bridgehead atoms. The number of amides is 1. The van der Waals surface area contributed by atoms with Crippen molar-refractivity contribution in [1.29, 1.82) is 0 Å². The number of halogens is 3. The maximum Gasteiger partial charge on any atom is 0.490 e. The standard InChI is InChI=1S/C5H8N6O.C2HF3O2/c12-4(3-1-6-2-3)7-5-8-10-11-9-5;3-2(4,5)1(6)7/h3,6H,1-2H2,(H2,7,8,9,10,11,12);(H,6,7). The minimum Gasteiger partial charge on any atom is -0.475 e. The van der Waals surface area contributed by atoms with E-state index in [0.29, 0.717) is 5.95 Å². The number of carboxylic acids is 1. The van der Waals surface area contributed by atoms with Gasteiger partial charge in [-0.2, -0.15) is 13.2 Å². The lowest BCUT2D eigenvalue weighted by atomic mass is 10.0. The van der Waals surface area contributed by atoms with E-state index in [-0.39, 0.29) is 11.8 Å². The normalized spacial score (nSPS) is 14.9. The number of nitrogens with zero attached hydrogens (tertiary/aromatic N) is 3. The molecule has 0 saturated carbocycles. The summed E-state index contributed by atoms with van der Waals surface area (Å²) in [5, 5.41) is 25.3. The van der Waals surface area contributed by atoms with Gasteiger partial charge in [0.25, 0.3) is 0 Å². The average Bonchev–Trinajstić information content (AvgIpc) is 2.66. The van der Waals surface area contributed by atoms with Crippen LogP contribution in [-0.4, -0.2) is 56.9 Å². The summed E-state index contributed by atoms with van der Waals surface area (Å²) in [6.07, 6.45) is -5.08. The van der Waals surface area contributed by atoms with Gasteiger partial charge in [0.05, 0.1) is 5.92 Å². The Morgan fingerprint density at radius 3 is 2.26 bits per heavy atom. The molecule has 1 aromatic heterocycles. The molecule has 0 spiro atoms. The monoisotopic (exact) mass is 282 g/mol. The van der Waals surface area contributed by atoms with Gasteiger partial charge in [-0.05, 0) is 10.4 Å². The number of hydrogen-bond acceptors (Lipinski definition) is 6. The van der Waals surface area contributed by atoms with Crippen LogP contribution >= 0.6 is 0 Å². The van der Waals surface area contributed by atoms with Gasteiger partial charge in [0.2, 0.25) is 11.9 Å². The third-order valence-electron chi connectivity index (χ3n) is 1.98. The first kappa shape index (κ1) is 14.8. The summed E-state index contributed by atoms with van der Waals surface area (Å²) in [6.45, 7) is 1.46. The van der Waals surface area contributed by atoms with Gasteiger partial charge in [-0.3, -0.25) is 10.1 Å². The van der Waals surface area contributed by atoms with Crippen molar-refractivity contribution in [3.05, 3.63) is 0 Å². The van der Waals surface area contributed by atoms with E-state index in [9.17, 15) is 18.0 Å². The number of tetrazole rings is 1. The summed E-state index contributed by atoms with van der Waals surface area (Å²) in [6, 6.07) is 0. The number of hydrogen-bond donors (Lipinski definition) is 4. The molecule has 0 aliphatic carbocycles. The minimum atomic E-state index is -5.08. The molecule has 1 fully saturated rings. The zero-order valence-corrected chi connectivity index (χ0v) is 9.23. The molecule has 0 radical (unpaired) electrons. The lowest BCUT2D eigenvalue weighted by Crippen LogP contribution is -2.48. The summed E-state index contributed by atoms with van der Waals surface area (Å²) in [7, 11) is 0. The Morgan fingerprint density at radius 2 is 1.95 bits per heavy atom. The molecule has 2 heterocycles. The van der Waals surface area contributed by atoms with Gasteiger partial charge in [0.1, 0.15) is 0 Å². The van der Waals surface area contributed by atoms with Crippen molar-refractivity contribution in [2.45, 2.75) is 6.18 Å². The molecule has 1 aliphatic rings. The molecule has 2 rings (SSSR count). The highest BCUT2D eigenvalue weighted by Crippen LogP contribution is 2.13. The number of aliphatic carboxylic acids is 1. The fourth-order valence-electron chi connectivity index (χ4n) is 0.905. The van der Waals surface area contributed by atoms with Crippen molar-refractivity contribution in [2.24, 2.45) is 5.92 Å². The first-order valence-electron chi connectivity index (χ1n) is 4.86. The van der Waals surface area contributed by atoms with E-state index in [4.69, 9.17) is 9.90 Å². The topological polar surface area (TPSA) is 133 Å². The van der Waals surface area contributed by atoms with Gasteiger partial charge in [-0.15, -0.1) is 0 Å². The van der Waals surface area contributed by atoms with Crippen LogP contribution in [0.5, 0.6) is 0 Å². The molecule has 9 nitrogen and oxygen atoms in total. The van der Waals surface area contributed by atoms with Gasteiger partial charge >= 0.3 is 12.1 Å². The molecule has 0 unspecified atom stereocenters. The molecule has 1 aromatic rings. The Balaban J connectivity index is 0.000000224. The van der Waals surface area contributed by atoms with Crippen LogP contribution in [0.25, 0.3) is 0 Å². The van der Waals surface area contributed by atoms with Crippen molar-refractivity contribution in [3.8, 4) is 0 Å². The Labute approximate surface area is 103 Å². The van der Waals surface area contributed by atoms with E-state index in [2.05, 4.69) is 31.3 Å². The number of rotatable bonds is 2. The van der Waals surface area contributed by atoms with E-state index >= 15 is 0 Å². The number of carbonyl (C=O) groups is 2. The Kier molecular flexibility index (Phi) is 4.74. The van der Waals surface area contributed by atoms with Crippen LogP contribution in [0.3, 0.4) is 0 Å². The lowest BCUT2D eigenvalue weighted by molar-refractivity contribution is -0.192. The molecular formula is C7H9F3N6O3. The van der Waals surface area contributed by atoms with Gasteiger partial charge in [0.15, 0.2) is 0 Å². The number of aromatic nitrogens is 4. The predicted molar refractivity (Wildman–Crippen MR) is 52.9 cm³/mol. The van der Waals surface area contributed by atoms with Crippen LogP contribution in [0.15, 0.2) is 0 Å². The number of carbonyl (C=O) groups excluding carboxylic acids is 1. The minimum absolute atomic E-state index is 0.0488. The van der Waals surface area contributed by atoms with Crippen molar-refractivity contribution in [1.82, 2.24) is 25.9 Å². The molecule has 4 N–H and O–H groups in total. The van der Waals surface area contributed by atoms with Crippen molar-refractivity contribution in [2.75, 3.05) is 18.4 Å². The summed E-state index contributed by atoms with van der Waals surface area (Å²) < 4.78 is 31.7. The highest BCUT2D eigenvalue weighted by Gasteiger charge is 2.38. The average molecular weight is 282 g/mol. The SMILES string of the molecule is O=C(Nc1nnn[nH]1)C1CNC1.O=C(O)C(F)(F)F. The number of alkyl halides is 3. The molecule has 106 valence electrons. The fourth-order valence-corrected chi connectivity index (χ4v) is 0.905.